The molecule has 0 unspecified atom stereocenters. The molecule has 122 valence electrons. The van der Waals surface area contributed by atoms with Gasteiger partial charge in [0.15, 0.2) is 0 Å². The van der Waals surface area contributed by atoms with Crippen LogP contribution in [0.15, 0.2) is 0 Å². The number of carbonyl (C=O) groups excluding carboxylic acids is 2. The summed E-state index contributed by atoms with van der Waals surface area (Å²) in [6.45, 7) is 3.03. The van der Waals surface area contributed by atoms with Gasteiger partial charge in [-0.25, -0.2) is 0 Å². The first-order valence-electron chi connectivity index (χ1n) is 7.81. The molecule has 1 aliphatic carbocycles. The number of nitrogens with zero attached hydrogens (tertiary/aromatic N) is 1. The van der Waals surface area contributed by atoms with Crippen molar-refractivity contribution in [3.8, 4) is 0 Å². The van der Waals surface area contributed by atoms with E-state index in [1.54, 1.807) is 19.1 Å². The highest BCUT2D eigenvalue weighted by Gasteiger charge is 2.23. The lowest BCUT2D eigenvalue weighted by Crippen LogP contribution is -2.49. The molecule has 1 atom stereocenters. The molecule has 0 spiro atoms. The van der Waals surface area contributed by atoms with E-state index in [1.165, 1.54) is 19.3 Å². The van der Waals surface area contributed by atoms with Crippen molar-refractivity contribution in [1.82, 2.24) is 15.5 Å². The van der Waals surface area contributed by atoms with E-state index >= 15 is 0 Å². The summed E-state index contributed by atoms with van der Waals surface area (Å²) in [6, 6.07) is -0.00210. The molecule has 1 saturated carbocycles. The topological polar surface area (TPSA) is 70.7 Å². The summed E-state index contributed by atoms with van der Waals surface area (Å²) >= 11 is 0. The van der Waals surface area contributed by atoms with Gasteiger partial charge < -0.3 is 15.4 Å². The molecule has 0 heterocycles. The van der Waals surface area contributed by atoms with Gasteiger partial charge >= 0.3 is 0 Å². The van der Waals surface area contributed by atoms with E-state index < -0.39 is 0 Å². The Hall–Kier alpha value is -1.14. The van der Waals surface area contributed by atoms with Crippen LogP contribution in [-0.4, -0.2) is 62.7 Å². The van der Waals surface area contributed by atoms with Crippen molar-refractivity contribution in [2.75, 3.05) is 33.9 Å². The first-order valence-corrected chi connectivity index (χ1v) is 7.81. The molecule has 1 aliphatic rings. The van der Waals surface area contributed by atoms with Crippen LogP contribution in [-0.2, 0) is 14.3 Å². The molecule has 2 N–H and O–H groups in total. The van der Waals surface area contributed by atoms with Crippen molar-refractivity contribution < 1.29 is 14.3 Å². The number of amides is 2. The molecule has 0 radical (unpaired) electrons. The van der Waals surface area contributed by atoms with Crippen molar-refractivity contribution >= 4 is 11.8 Å². The second kappa shape index (κ2) is 9.73. The van der Waals surface area contributed by atoms with Gasteiger partial charge in [-0.15, -0.1) is 0 Å². The van der Waals surface area contributed by atoms with Crippen LogP contribution in [0.4, 0.5) is 0 Å². The van der Waals surface area contributed by atoms with Gasteiger partial charge in [-0.2, -0.15) is 0 Å². The van der Waals surface area contributed by atoms with Gasteiger partial charge in [0.2, 0.25) is 11.8 Å². The first-order chi connectivity index (χ1) is 10.0. The minimum atomic E-state index is -0.305. The Morgan fingerprint density at radius 1 is 1.29 bits per heavy atom. The third kappa shape index (κ3) is 6.91. The van der Waals surface area contributed by atoms with E-state index in [9.17, 15) is 9.59 Å². The summed E-state index contributed by atoms with van der Waals surface area (Å²) in [5.74, 6) is -0.0824. The summed E-state index contributed by atoms with van der Waals surface area (Å²) in [6.07, 6.45) is 5.79. The van der Waals surface area contributed by atoms with Crippen molar-refractivity contribution in [2.45, 2.75) is 51.1 Å². The summed E-state index contributed by atoms with van der Waals surface area (Å²) in [7, 11) is 3.39. The van der Waals surface area contributed by atoms with Crippen molar-refractivity contribution in [3.63, 3.8) is 0 Å². The van der Waals surface area contributed by atoms with Crippen LogP contribution in [0.2, 0.25) is 0 Å². The molecule has 1 fully saturated rings. The number of methoxy groups -OCH3 is 1. The average molecular weight is 299 g/mol. The van der Waals surface area contributed by atoms with Crippen LogP contribution in [0, 0.1) is 0 Å². The standard InChI is InChI=1S/C15H29N3O3/c1-12(15(20)17-13-7-5-4-6-8-13)18(2)11-14(19)16-9-10-21-3/h12-13H,4-11H2,1-3H3,(H,16,19)(H,17,20)/t12-/m1/s1. The monoisotopic (exact) mass is 299 g/mol. The highest BCUT2D eigenvalue weighted by Crippen LogP contribution is 2.17. The van der Waals surface area contributed by atoms with Crippen LogP contribution in [0.5, 0.6) is 0 Å². The fourth-order valence-corrected chi connectivity index (χ4v) is 2.48. The number of hydrogen-bond donors (Lipinski definition) is 2. The highest BCUT2D eigenvalue weighted by molar-refractivity contribution is 5.83. The Bertz CT molecular complexity index is 330. The lowest BCUT2D eigenvalue weighted by atomic mass is 9.95. The number of likely N-dealkylation sites (N-methyl/N-ethyl adjacent to an activating group) is 1. The van der Waals surface area contributed by atoms with E-state index in [4.69, 9.17) is 4.74 Å². The molecule has 6 heteroatoms. The maximum absolute atomic E-state index is 12.2. The predicted molar refractivity (Wildman–Crippen MR) is 82.0 cm³/mol. The number of rotatable bonds is 8. The Labute approximate surface area is 127 Å². The van der Waals surface area contributed by atoms with Crippen molar-refractivity contribution in [3.05, 3.63) is 0 Å². The first kappa shape index (κ1) is 17.9. The SMILES string of the molecule is COCCNC(=O)CN(C)[C@H](C)C(=O)NC1CCCCC1. The zero-order valence-electron chi connectivity index (χ0n) is 13.5. The van der Waals surface area contributed by atoms with E-state index in [-0.39, 0.29) is 24.4 Å². The molecule has 1 rings (SSSR count). The van der Waals surface area contributed by atoms with Gasteiger partial charge in [0, 0.05) is 19.7 Å². The van der Waals surface area contributed by atoms with E-state index in [0.29, 0.717) is 19.2 Å². The Kier molecular flexibility index (Phi) is 8.30. The summed E-state index contributed by atoms with van der Waals surface area (Å²) in [4.78, 5) is 25.7. The molecule has 0 aliphatic heterocycles. The molecule has 0 aromatic rings. The molecule has 2 amide bonds. The van der Waals surface area contributed by atoms with E-state index in [0.717, 1.165) is 12.8 Å². The van der Waals surface area contributed by atoms with Crippen LogP contribution < -0.4 is 10.6 Å². The zero-order valence-corrected chi connectivity index (χ0v) is 13.5. The van der Waals surface area contributed by atoms with Gasteiger partial charge in [-0.05, 0) is 26.8 Å². The summed E-state index contributed by atoms with van der Waals surface area (Å²) in [5.41, 5.74) is 0. The van der Waals surface area contributed by atoms with Crippen LogP contribution >= 0.6 is 0 Å². The van der Waals surface area contributed by atoms with Gasteiger partial charge in [0.1, 0.15) is 0 Å². The summed E-state index contributed by atoms with van der Waals surface area (Å²) in [5, 5.41) is 5.85. The lowest BCUT2D eigenvalue weighted by molar-refractivity contribution is -0.128. The zero-order chi connectivity index (χ0) is 15.7. The molecular formula is C15H29N3O3. The highest BCUT2D eigenvalue weighted by atomic mass is 16.5. The second-order valence-corrected chi connectivity index (χ2v) is 5.78. The van der Waals surface area contributed by atoms with Gasteiger partial charge in [0.25, 0.3) is 0 Å². The minimum Gasteiger partial charge on any atom is -0.383 e. The Morgan fingerprint density at radius 2 is 1.95 bits per heavy atom. The maximum Gasteiger partial charge on any atom is 0.237 e. The maximum atomic E-state index is 12.2. The van der Waals surface area contributed by atoms with Crippen molar-refractivity contribution in [2.24, 2.45) is 0 Å². The van der Waals surface area contributed by atoms with Crippen LogP contribution in [0.3, 0.4) is 0 Å². The number of nitrogens with one attached hydrogen (secondary N) is 2. The van der Waals surface area contributed by atoms with Gasteiger partial charge in [-0.1, -0.05) is 19.3 Å². The lowest BCUT2D eigenvalue weighted by Gasteiger charge is -2.28. The van der Waals surface area contributed by atoms with E-state index in [2.05, 4.69) is 10.6 Å². The fraction of sp³-hybridized carbons (Fsp3) is 0.867. The second-order valence-electron chi connectivity index (χ2n) is 5.78. The van der Waals surface area contributed by atoms with Crippen LogP contribution in [0.1, 0.15) is 39.0 Å². The normalized spacial score (nSPS) is 17.5. The molecule has 0 saturated heterocycles. The Balaban J connectivity index is 2.29. The largest absolute Gasteiger partial charge is 0.383 e. The average Bonchev–Trinajstić information content (AvgIpc) is 2.47. The minimum absolute atomic E-state index is 0.00842. The van der Waals surface area contributed by atoms with Gasteiger partial charge in [0.05, 0.1) is 19.2 Å². The predicted octanol–water partition coefficient (Wildman–Crippen LogP) is 0.518. The third-order valence-electron chi connectivity index (χ3n) is 4.01. The quantitative estimate of drug-likeness (QED) is 0.641. The number of hydrogen-bond acceptors (Lipinski definition) is 4. The van der Waals surface area contributed by atoms with Crippen molar-refractivity contribution in [1.29, 1.82) is 0 Å². The number of carbonyl (C=O) groups is 2. The molecular weight excluding hydrogens is 270 g/mol. The molecule has 0 aromatic heterocycles. The van der Waals surface area contributed by atoms with Crippen LogP contribution in [0.25, 0.3) is 0 Å². The molecule has 0 aromatic carbocycles. The number of ether oxygens (including phenoxy) is 1. The van der Waals surface area contributed by atoms with Gasteiger partial charge in [-0.3, -0.25) is 14.5 Å². The third-order valence-corrected chi connectivity index (χ3v) is 4.01. The fourth-order valence-electron chi connectivity index (χ4n) is 2.48. The molecule has 0 bridgehead atoms. The molecule has 21 heavy (non-hydrogen) atoms. The smallest absolute Gasteiger partial charge is 0.237 e. The molecule has 6 nitrogen and oxygen atoms in total. The summed E-state index contributed by atoms with van der Waals surface area (Å²) < 4.78 is 4.88. The Morgan fingerprint density at radius 3 is 2.57 bits per heavy atom. The van der Waals surface area contributed by atoms with E-state index in [1.807, 2.05) is 6.92 Å².